The van der Waals surface area contributed by atoms with Gasteiger partial charge in [0.1, 0.15) is 11.6 Å². The number of rotatable bonds is 1. The van der Waals surface area contributed by atoms with Crippen molar-refractivity contribution in [2.24, 2.45) is 0 Å². The second-order valence-electron chi connectivity index (χ2n) is 2.96. The fourth-order valence-electron chi connectivity index (χ4n) is 1.18. The number of benzene rings is 1. The minimum atomic E-state index is 0.270. The molecule has 0 unspecified atom stereocenters. The fraction of sp³-hybridized carbons (Fsp3) is 0.100. The van der Waals surface area contributed by atoms with Crippen LogP contribution in [0, 0.1) is 6.92 Å². The summed E-state index contributed by atoms with van der Waals surface area (Å²) < 4.78 is 0. The van der Waals surface area contributed by atoms with E-state index < -0.39 is 0 Å². The highest BCUT2D eigenvalue weighted by Gasteiger charge is 2.00. The molecule has 3 heteroatoms. The molecule has 0 aliphatic rings. The van der Waals surface area contributed by atoms with Gasteiger partial charge in [-0.15, -0.1) is 0 Å². The van der Waals surface area contributed by atoms with Crippen LogP contribution in [0.1, 0.15) is 5.69 Å². The number of imidazole rings is 1. The van der Waals surface area contributed by atoms with Gasteiger partial charge in [-0.3, -0.25) is 0 Å². The Kier molecular flexibility index (Phi) is 1.77. The fourth-order valence-corrected chi connectivity index (χ4v) is 1.18. The van der Waals surface area contributed by atoms with E-state index in [1.165, 1.54) is 0 Å². The van der Waals surface area contributed by atoms with Gasteiger partial charge in [0.05, 0.1) is 0 Å². The first-order valence-electron chi connectivity index (χ1n) is 4.07. The molecule has 0 aliphatic heterocycles. The van der Waals surface area contributed by atoms with Crippen molar-refractivity contribution < 1.29 is 5.11 Å². The molecule has 0 aliphatic carbocycles. The molecule has 1 heterocycles. The van der Waals surface area contributed by atoms with Crippen LogP contribution in [0.2, 0.25) is 0 Å². The van der Waals surface area contributed by atoms with Gasteiger partial charge in [-0.1, -0.05) is 0 Å². The average Bonchev–Trinajstić information content (AvgIpc) is 2.53. The monoisotopic (exact) mass is 174 g/mol. The zero-order chi connectivity index (χ0) is 9.26. The van der Waals surface area contributed by atoms with Gasteiger partial charge in [0.25, 0.3) is 0 Å². The topological polar surface area (TPSA) is 48.9 Å². The first kappa shape index (κ1) is 7.86. The molecular formula is C10H10N2O. The number of phenolic OH excluding ortho intramolecular Hbond substituents is 1. The Balaban J connectivity index is 2.41. The molecular weight excluding hydrogens is 164 g/mol. The summed E-state index contributed by atoms with van der Waals surface area (Å²) in [6.45, 7) is 1.96. The lowest BCUT2D eigenvalue weighted by molar-refractivity contribution is 0.475. The van der Waals surface area contributed by atoms with Crippen LogP contribution >= 0.6 is 0 Å². The summed E-state index contributed by atoms with van der Waals surface area (Å²) in [5, 5.41) is 9.08. The van der Waals surface area contributed by atoms with Crippen LogP contribution in [0.3, 0.4) is 0 Å². The maximum absolute atomic E-state index is 9.08. The minimum Gasteiger partial charge on any atom is -0.508 e. The highest BCUT2D eigenvalue weighted by atomic mass is 16.3. The van der Waals surface area contributed by atoms with Crippen molar-refractivity contribution in [3.8, 4) is 17.1 Å². The smallest absolute Gasteiger partial charge is 0.137 e. The summed E-state index contributed by atoms with van der Waals surface area (Å²) in [5.41, 5.74) is 2.01. The number of aromatic amines is 1. The lowest BCUT2D eigenvalue weighted by Gasteiger charge is -1.96. The van der Waals surface area contributed by atoms with Crippen LogP contribution in [-0.2, 0) is 0 Å². The summed E-state index contributed by atoms with van der Waals surface area (Å²) in [5.74, 6) is 1.10. The van der Waals surface area contributed by atoms with Crippen molar-refractivity contribution >= 4 is 0 Å². The molecule has 0 amide bonds. The molecule has 66 valence electrons. The molecule has 0 radical (unpaired) electrons. The molecule has 3 nitrogen and oxygen atoms in total. The highest BCUT2D eigenvalue weighted by Crippen LogP contribution is 2.18. The van der Waals surface area contributed by atoms with Crippen LogP contribution in [0.5, 0.6) is 5.75 Å². The zero-order valence-corrected chi connectivity index (χ0v) is 7.28. The molecule has 2 N–H and O–H groups in total. The molecule has 2 aromatic rings. The Morgan fingerprint density at radius 3 is 2.46 bits per heavy atom. The normalized spacial score (nSPS) is 10.2. The molecule has 1 aromatic carbocycles. The van der Waals surface area contributed by atoms with E-state index in [0.717, 1.165) is 17.1 Å². The second-order valence-corrected chi connectivity index (χ2v) is 2.96. The largest absolute Gasteiger partial charge is 0.508 e. The van der Waals surface area contributed by atoms with Gasteiger partial charge < -0.3 is 10.1 Å². The van der Waals surface area contributed by atoms with Crippen molar-refractivity contribution in [2.45, 2.75) is 6.92 Å². The van der Waals surface area contributed by atoms with Gasteiger partial charge in [-0.05, 0) is 31.2 Å². The molecule has 0 saturated heterocycles. The first-order chi connectivity index (χ1) is 6.25. The summed E-state index contributed by atoms with van der Waals surface area (Å²) in [6, 6.07) is 6.95. The highest BCUT2D eigenvalue weighted by molar-refractivity contribution is 5.56. The number of hydrogen-bond acceptors (Lipinski definition) is 2. The second kappa shape index (κ2) is 2.94. The van der Waals surface area contributed by atoms with Crippen LogP contribution in [-0.4, -0.2) is 15.1 Å². The Hall–Kier alpha value is -1.77. The van der Waals surface area contributed by atoms with Gasteiger partial charge in [-0.25, -0.2) is 4.98 Å². The van der Waals surface area contributed by atoms with Crippen molar-refractivity contribution in [1.29, 1.82) is 0 Å². The van der Waals surface area contributed by atoms with E-state index in [4.69, 9.17) is 5.11 Å². The number of hydrogen-bond donors (Lipinski definition) is 2. The standard InChI is InChI=1S/C10H10N2O/c1-7-6-11-10(12-7)8-2-4-9(13)5-3-8/h2-6,13H,1H3,(H,11,12). The lowest BCUT2D eigenvalue weighted by Crippen LogP contribution is -1.79. The van der Waals surface area contributed by atoms with Gasteiger partial charge in [0.15, 0.2) is 0 Å². The van der Waals surface area contributed by atoms with Gasteiger partial charge in [-0.2, -0.15) is 0 Å². The van der Waals surface area contributed by atoms with Gasteiger partial charge in [0, 0.05) is 17.5 Å². The Morgan fingerprint density at radius 1 is 1.23 bits per heavy atom. The van der Waals surface area contributed by atoms with Crippen LogP contribution in [0.4, 0.5) is 0 Å². The van der Waals surface area contributed by atoms with Gasteiger partial charge in [0.2, 0.25) is 0 Å². The molecule has 13 heavy (non-hydrogen) atoms. The zero-order valence-electron chi connectivity index (χ0n) is 7.28. The Labute approximate surface area is 76.1 Å². The summed E-state index contributed by atoms with van der Waals surface area (Å²) in [6.07, 6.45) is 1.78. The molecule has 2 rings (SSSR count). The van der Waals surface area contributed by atoms with Crippen molar-refractivity contribution in [2.75, 3.05) is 0 Å². The number of aromatic nitrogens is 2. The molecule has 0 bridgehead atoms. The van der Waals surface area contributed by atoms with Crippen LogP contribution < -0.4 is 0 Å². The molecule has 0 atom stereocenters. The third kappa shape index (κ3) is 1.54. The molecule has 0 saturated carbocycles. The van der Waals surface area contributed by atoms with E-state index in [-0.39, 0.29) is 5.75 Å². The first-order valence-corrected chi connectivity index (χ1v) is 4.07. The quantitative estimate of drug-likeness (QED) is 0.695. The number of aryl methyl sites for hydroxylation is 1. The number of phenols is 1. The predicted molar refractivity (Wildman–Crippen MR) is 50.4 cm³/mol. The maximum atomic E-state index is 9.08. The van der Waals surface area contributed by atoms with E-state index in [1.54, 1.807) is 18.3 Å². The van der Waals surface area contributed by atoms with Gasteiger partial charge >= 0.3 is 0 Å². The predicted octanol–water partition coefficient (Wildman–Crippen LogP) is 2.09. The lowest BCUT2D eigenvalue weighted by atomic mass is 10.2. The molecule has 1 aromatic heterocycles. The van der Waals surface area contributed by atoms with Crippen LogP contribution in [0.15, 0.2) is 30.5 Å². The number of H-pyrrole nitrogens is 1. The molecule has 0 spiro atoms. The Bertz CT molecular complexity index is 403. The van der Waals surface area contributed by atoms with E-state index in [1.807, 2.05) is 19.1 Å². The summed E-state index contributed by atoms with van der Waals surface area (Å²) in [4.78, 5) is 7.30. The SMILES string of the molecule is Cc1cnc(-c2ccc(O)cc2)[nH]1. The Morgan fingerprint density at radius 2 is 1.92 bits per heavy atom. The summed E-state index contributed by atoms with van der Waals surface area (Å²) in [7, 11) is 0. The summed E-state index contributed by atoms with van der Waals surface area (Å²) >= 11 is 0. The van der Waals surface area contributed by atoms with E-state index >= 15 is 0 Å². The maximum Gasteiger partial charge on any atom is 0.137 e. The molecule has 0 fully saturated rings. The van der Waals surface area contributed by atoms with E-state index in [2.05, 4.69) is 9.97 Å². The number of nitrogens with one attached hydrogen (secondary N) is 1. The van der Waals surface area contributed by atoms with Crippen molar-refractivity contribution in [1.82, 2.24) is 9.97 Å². The van der Waals surface area contributed by atoms with Crippen molar-refractivity contribution in [3.63, 3.8) is 0 Å². The third-order valence-electron chi connectivity index (χ3n) is 1.84. The number of nitrogens with zero attached hydrogens (tertiary/aromatic N) is 1. The van der Waals surface area contributed by atoms with E-state index in [0.29, 0.717) is 0 Å². The van der Waals surface area contributed by atoms with E-state index in [9.17, 15) is 0 Å². The minimum absolute atomic E-state index is 0.270. The van der Waals surface area contributed by atoms with Crippen molar-refractivity contribution in [3.05, 3.63) is 36.2 Å². The third-order valence-corrected chi connectivity index (χ3v) is 1.84. The number of aromatic hydroxyl groups is 1. The van der Waals surface area contributed by atoms with Crippen LogP contribution in [0.25, 0.3) is 11.4 Å². The average molecular weight is 174 g/mol.